The van der Waals surface area contributed by atoms with Gasteiger partial charge in [-0.3, -0.25) is 9.69 Å². The van der Waals surface area contributed by atoms with Gasteiger partial charge in [-0.05, 0) is 32.2 Å². The summed E-state index contributed by atoms with van der Waals surface area (Å²) in [7, 11) is 1.94. The fraction of sp³-hybridized carbons (Fsp3) is 0.917. The second-order valence-corrected chi connectivity index (χ2v) is 5.01. The first-order chi connectivity index (χ1) is 6.95. The van der Waals surface area contributed by atoms with Crippen LogP contribution in [0.1, 0.15) is 40.0 Å². The molecule has 0 saturated heterocycles. The predicted octanol–water partition coefficient (Wildman–Crippen LogP) is 2.22. The summed E-state index contributed by atoms with van der Waals surface area (Å²) in [6, 6.07) is 0.0580. The fourth-order valence-corrected chi connectivity index (χ4v) is 2.59. The highest BCUT2D eigenvalue weighted by Gasteiger charge is 2.33. The van der Waals surface area contributed by atoms with Gasteiger partial charge in [0, 0.05) is 6.04 Å². The summed E-state index contributed by atoms with van der Waals surface area (Å²) >= 11 is 0. The minimum Gasteiger partial charge on any atom is -0.480 e. The third-order valence-electron chi connectivity index (χ3n) is 4.16. The largest absolute Gasteiger partial charge is 0.480 e. The molecule has 3 heteroatoms. The first kappa shape index (κ1) is 12.5. The standard InChI is InChI=1S/C12H23NO2/c1-8-6-5-7-11(9(8)2)13(4)10(3)12(14)15/h8-11H,5-7H2,1-4H3,(H,14,15). The molecule has 0 amide bonds. The van der Waals surface area contributed by atoms with Crippen molar-refractivity contribution >= 4 is 5.97 Å². The number of hydrogen-bond acceptors (Lipinski definition) is 2. The van der Waals surface area contributed by atoms with Gasteiger partial charge in [0.05, 0.1) is 0 Å². The number of nitrogens with zero attached hydrogens (tertiary/aromatic N) is 1. The van der Waals surface area contributed by atoms with Crippen molar-refractivity contribution in [2.45, 2.75) is 52.1 Å². The predicted molar refractivity (Wildman–Crippen MR) is 60.8 cm³/mol. The first-order valence-corrected chi connectivity index (χ1v) is 5.90. The van der Waals surface area contributed by atoms with E-state index in [1.165, 1.54) is 12.8 Å². The van der Waals surface area contributed by atoms with Gasteiger partial charge in [0.15, 0.2) is 0 Å². The summed E-state index contributed by atoms with van der Waals surface area (Å²) in [5.74, 6) is 0.598. The van der Waals surface area contributed by atoms with Crippen LogP contribution in [0.4, 0.5) is 0 Å². The molecule has 0 aromatic carbocycles. The maximum Gasteiger partial charge on any atom is 0.320 e. The van der Waals surface area contributed by atoms with E-state index in [4.69, 9.17) is 5.11 Å². The molecule has 1 saturated carbocycles. The molecule has 0 aromatic heterocycles. The van der Waals surface area contributed by atoms with Crippen molar-refractivity contribution in [3.63, 3.8) is 0 Å². The molecule has 0 aromatic rings. The van der Waals surface area contributed by atoms with Crippen LogP contribution in [0.25, 0.3) is 0 Å². The molecule has 88 valence electrons. The maximum absolute atomic E-state index is 10.9. The monoisotopic (exact) mass is 213 g/mol. The second-order valence-electron chi connectivity index (χ2n) is 5.01. The second kappa shape index (κ2) is 4.97. The number of carboxylic acid groups (broad SMARTS) is 1. The molecule has 1 N–H and O–H groups in total. The van der Waals surface area contributed by atoms with Gasteiger partial charge in [0.1, 0.15) is 6.04 Å². The normalized spacial score (nSPS) is 34.1. The van der Waals surface area contributed by atoms with E-state index >= 15 is 0 Å². The molecule has 0 bridgehead atoms. The van der Waals surface area contributed by atoms with Crippen LogP contribution in [-0.2, 0) is 4.79 Å². The maximum atomic E-state index is 10.9. The van der Waals surface area contributed by atoms with Crippen molar-refractivity contribution in [3.8, 4) is 0 Å². The minimum absolute atomic E-state index is 0.372. The van der Waals surface area contributed by atoms with Gasteiger partial charge in [0.25, 0.3) is 0 Å². The molecule has 3 nitrogen and oxygen atoms in total. The molecule has 1 fully saturated rings. The van der Waals surface area contributed by atoms with Gasteiger partial charge in [0.2, 0.25) is 0 Å². The van der Waals surface area contributed by atoms with E-state index in [9.17, 15) is 4.79 Å². The lowest BCUT2D eigenvalue weighted by molar-refractivity contribution is -0.143. The summed E-state index contributed by atoms with van der Waals surface area (Å²) in [5.41, 5.74) is 0. The number of aliphatic carboxylic acids is 1. The van der Waals surface area contributed by atoms with Crippen LogP contribution in [0.3, 0.4) is 0 Å². The molecular weight excluding hydrogens is 190 g/mol. The van der Waals surface area contributed by atoms with Gasteiger partial charge >= 0.3 is 5.97 Å². The Morgan fingerprint density at radius 3 is 2.53 bits per heavy atom. The number of hydrogen-bond donors (Lipinski definition) is 1. The summed E-state index contributed by atoms with van der Waals surface area (Å²) in [4.78, 5) is 13.0. The van der Waals surface area contributed by atoms with Gasteiger partial charge in [-0.1, -0.05) is 26.7 Å². The van der Waals surface area contributed by atoms with Gasteiger partial charge < -0.3 is 5.11 Å². The fourth-order valence-electron chi connectivity index (χ4n) is 2.59. The summed E-state index contributed by atoms with van der Waals surface area (Å²) in [6.07, 6.45) is 3.65. The van der Waals surface area contributed by atoms with Crippen LogP contribution in [0.2, 0.25) is 0 Å². The topological polar surface area (TPSA) is 40.5 Å². The molecule has 0 spiro atoms. The van der Waals surface area contributed by atoms with E-state index in [1.54, 1.807) is 6.92 Å². The smallest absolute Gasteiger partial charge is 0.320 e. The van der Waals surface area contributed by atoms with E-state index < -0.39 is 5.97 Å². The van der Waals surface area contributed by atoms with Gasteiger partial charge in [-0.15, -0.1) is 0 Å². The number of carboxylic acids is 1. The summed E-state index contributed by atoms with van der Waals surface area (Å²) < 4.78 is 0. The molecule has 4 unspecified atom stereocenters. The third kappa shape index (κ3) is 2.71. The van der Waals surface area contributed by atoms with Crippen molar-refractivity contribution in [2.24, 2.45) is 11.8 Å². The average molecular weight is 213 g/mol. The highest BCUT2D eigenvalue weighted by atomic mass is 16.4. The lowest BCUT2D eigenvalue weighted by Gasteiger charge is -2.41. The van der Waals surface area contributed by atoms with Crippen molar-refractivity contribution in [3.05, 3.63) is 0 Å². The van der Waals surface area contributed by atoms with Crippen LogP contribution in [0.5, 0.6) is 0 Å². The molecule has 0 heterocycles. The van der Waals surface area contributed by atoms with Crippen molar-refractivity contribution < 1.29 is 9.90 Å². The van der Waals surface area contributed by atoms with E-state index in [0.717, 1.165) is 6.42 Å². The van der Waals surface area contributed by atoms with Crippen LogP contribution in [0, 0.1) is 11.8 Å². The zero-order chi connectivity index (χ0) is 11.6. The number of likely N-dealkylation sites (N-methyl/N-ethyl adjacent to an activating group) is 1. The van der Waals surface area contributed by atoms with Crippen LogP contribution >= 0.6 is 0 Å². The summed E-state index contributed by atoms with van der Waals surface area (Å²) in [6.45, 7) is 6.30. The molecule has 0 radical (unpaired) electrons. The lowest BCUT2D eigenvalue weighted by Crippen LogP contribution is -2.48. The third-order valence-corrected chi connectivity index (χ3v) is 4.16. The van der Waals surface area contributed by atoms with Crippen molar-refractivity contribution in [2.75, 3.05) is 7.05 Å². The molecule has 1 aliphatic carbocycles. The van der Waals surface area contributed by atoms with Gasteiger partial charge in [-0.2, -0.15) is 0 Å². The highest BCUT2D eigenvalue weighted by Crippen LogP contribution is 2.32. The van der Waals surface area contributed by atoms with Crippen molar-refractivity contribution in [1.29, 1.82) is 0 Å². The molecular formula is C12H23NO2. The Morgan fingerprint density at radius 2 is 2.00 bits per heavy atom. The Balaban J connectivity index is 2.65. The number of rotatable bonds is 3. The van der Waals surface area contributed by atoms with Gasteiger partial charge in [-0.25, -0.2) is 0 Å². The lowest BCUT2D eigenvalue weighted by atomic mass is 9.77. The SMILES string of the molecule is CC1CCCC(N(C)C(C)C(=O)O)C1C. The zero-order valence-corrected chi connectivity index (χ0v) is 10.2. The Hall–Kier alpha value is -0.570. The molecule has 4 atom stereocenters. The Kier molecular flexibility index (Phi) is 4.14. The van der Waals surface area contributed by atoms with Crippen LogP contribution in [-0.4, -0.2) is 35.1 Å². The molecule has 1 rings (SSSR count). The van der Waals surface area contributed by atoms with E-state index in [1.807, 2.05) is 11.9 Å². The van der Waals surface area contributed by atoms with E-state index in [2.05, 4.69) is 13.8 Å². The quantitative estimate of drug-likeness (QED) is 0.781. The van der Waals surface area contributed by atoms with E-state index in [0.29, 0.717) is 17.9 Å². The van der Waals surface area contributed by atoms with E-state index in [-0.39, 0.29) is 6.04 Å². The minimum atomic E-state index is -0.720. The Morgan fingerprint density at radius 1 is 1.40 bits per heavy atom. The van der Waals surface area contributed by atoms with Crippen molar-refractivity contribution in [1.82, 2.24) is 4.90 Å². The molecule has 1 aliphatic rings. The van der Waals surface area contributed by atoms with Crippen LogP contribution < -0.4 is 0 Å². The number of carbonyl (C=O) groups is 1. The van der Waals surface area contributed by atoms with Crippen LogP contribution in [0.15, 0.2) is 0 Å². The average Bonchev–Trinajstić information content (AvgIpc) is 2.20. The summed E-state index contributed by atoms with van der Waals surface area (Å²) in [5, 5.41) is 8.99. The Bertz CT molecular complexity index is 230. The highest BCUT2D eigenvalue weighted by molar-refractivity contribution is 5.72. The Labute approximate surface area is 92.5 Å². The molecule has 0 aliphatic heterocycles. The molecule has 15 heavy (non-hydrogen) atoms. The zero-order valence-electron chi connectivity index (χ0n) is 10.2. The first-order valence-electron chi connectivity index (χ1n) is 5.90.